The van der Waals surface area contributed by atoms with E-state index in [4.69, 9.17) is 10.5 Å². The summed E-state index contributed by atoms with van der Waals surface area (Å²) in [6.45, 7) is 6.76. The number of nitrogens with two attached hydrogens (primary N) is 1. The van der Waals surface area contributed by atoms with Gasteiger partial charge in [-0.15, -0.1) is 0 Å². The minimum atomic E-state index is 0.518. The minimum absolute atomic E-state index is 0.518. The van der Waals surface area contributed by atoms with Gasteiger partial charge in [0.05, 0.1) is 18.0 Å². The van der Waals surface area contributed by atoms with E-state index in [0.29, 0.717) is 12.3 Å². The molecule has 1 aromatic heterocycles. The first kappa shape index (κ1) is 17.0. The number of hydrogen-bond donors (Lipinski definition) is 1. The quantitative estimate of drug-likeness (QED) is 0.851. The number of hydrogen-bond acceptors (Lipinski definition) is 7. The summed E-state index contributed by atoms with van der Waals surface area (Å²) in [6.07, 6.45) is 8.40. The Morgan fingerprint density at radius 2 is 2.16 bits per heavy atom. The molecule has 0 amide bonds. The molecule has 0 unspecified atom stereocenters. The van der Waals surface area contributed by atoms with E-state index in [9.17, 15) is 0 Å². The third kappa shape index (κ3) is 4.60. The summed E-state index contributed by atoms with van der Waals surface area (Å²) in [5, 5.41) is 0. The van der Waals surface area contributed by atoms with Crippen molar-refractivity contribution >= 4 is 29.8 Å². The molecular formula is C18H22N6O. The molecule has 7 nitrogen and oxygen atoms in total. The fraction of sp³-hybridized carbons (Fsp3) is 0.333. The molecule has 0 bridgehead atoms. The van der Waals surface area contributed by atoms with Gasteiger partial charge in [0.1, 0.15) is 11.7 Å². The molecule has 0 aliphatic carbocycles. The molecule has 0 saturated carbocycles. The Morgan fingerprint density at radius 1 is 1.24 bits per heavy atom. The average molecular weight is 338 g/mol. The van der Waals surface area contributed by atoms with Crippen molar-refractivity contribution in [3.05, 3.63) is 42.4 Å². The number of amidine groups is 1. The molecule has 0 aromatic carbocycles. The van der Waals surface area contributed by atoms with Gasteiger partial charge >= 0.3 is 0 Å². The smallest absolute Gasteiger partial charge is 0.128 e. The van der Waals surface area contributed by atoms with Gasteiger partial charge in [0, 0.05) is 50.3 Å². The average Bonchev–Trinajstić information content (AvgIpc) is 2.91. The lowest BCUT2D eigenvalue weighted by molar-refractivity contribution is 0.152. The maximum Gasteiger partial charge on any atom is 0.128 e. The summed E-state index contributed by atoms with van der Waals surface area (Å²) >= 11 is 0. The second-order valence-corrected chi connectivity index (χ2v) is 5.77. The van der Waals surface area contributed by atoms with Gasteiger partial charge in [-0.25, -0.2) is 9.98 Å². The molecule has 2 N–H and O–H groups in total. The number of allylic oxidation sites excluding steroid dienone is 1. The lowest BCUT2D eigenvalue weighted by Gasteiger charge is -2.21. The second kappa shape index (κ2) is 8.34. The van der Waals surface area contributed by atoms with Crippen molar-refractivity contribution in [1.29, 1.82) is 0 Å². The number of aliphatic imine (C=N–C) groups is 3. The van der Waals surface area contributed by atoms with E-state index in [2.05, 4.69) is 31.6 Å². The highest BCUT2D eigenvalue weighted by atomic mass is 16.5. The zero-order valence-electron chi connectivity index (χ0n) is 14.1. The van der Waals surface area contributed by atoms with Crippen molar-refractivity contribution in [3.63, 3.8) is 0 Å². The molecule has 3 rings (SSSR count). The molecule has 0 spiro atoms. The number of rotatable bonds is 4. The van der Waals surface area contributed by atoms with E-state index in [-0.39, 0.29) is 0 Å². The molecule has 25 heavy (non-hydrogen) atoms. The lowest BCUT2D eigenvalue weighted by Crippen LogP contribution is -2.26. The monoisotopic (exact) mass is 338 g/mol. The maximum absolute atomic E-state index is 5.95. The van der Waals surface area contributed by atoms with Crippen LogP contribution in [0.4, 0.5) is 5.82 Å². The molecule has 2 aliphatic rings. The largest absolute Gasteiger partial charge is 0.387 e. The fourth-order valence-electron chi connectivity index (χ4n) is 2.73. The van der Waals surface area contributed by atoms with Crippen LogP contribution in [0.1, 0.15) is 18.4 Å². The minimum Gasteiger partial charge on any atom is -0.387 e. The molecule has 3 heterocycles. The summed E-state index contributed by atoms with van der Waals surface area (Å²) < 4.78 is 5.49. The molecule has 1 aromatic rings. The Balaban J connectivity index is 1.79. The van der Waals surface area contributed by atoms with Crippen LogP contribution in [0.25, 0.3) is 5.70 Å². The first-order valence-corrected chi connectivity index (χ1v) is 8.27. The summed E-state index contributed by atoms with van der Waals surface area (Å²) in [7, 11) is 0. The highest BCUT2D eigenvalue weighted by Gasteiger charge is 2.14. The standard InChI is InChI=1S/C18H22N6O/c1-20-5-6-21-15-11-16(23-17(19)12-15)14-3-4-18(22-13-14)24-7-2-9-25-10-8-24/h3-6,11,13H,1-2,7-10,12H2,(H2,19,23)/b6-5-,21-15?. The van der Waals surface area contributed by atoms with Crippen LogP contribution in [0, 0.1) is 0 Å². The molecule has 2 aliphatic heterocycles. The highest BCUT2D eigenvalue weighted by Crippen LogP contribution is 2.22. The van der Waals surface area contributed by atoms with E-state index >= 15 is 0 Å². The third-order valence-electron chi connectivity index (χ3n) is 3.93. The Hall–Kier alpha value is -2.80. The van der Waals surface area contributed by atoms with Crippen molar-refractivity contribution in [3.8, 4) is 0 Å². The number of anilines is 1. The van der Waals surface area contributed by atoms with Crippen LogP contribution >= 0.6 is 0 Å². The van der Waals surface area contributed by atoms with Crippen LogP contribution in [0.5, 0.6) is 0 Å². The lowest BCUT2D eigenvalue weighted by atomic mass is 10.1. The van der Waals surface area contributed by atoms with Gasteiger partial charge in [-0.2, -0.15) is 0 Å². The Bertz CT molecular complexity index is 724. The van der Waals surface area contributed by atoms with Gasteiger partial charge in [0.25, 0.3) is 0 Å². The van der Waals surface area contributed by atoms with Crippen LogP contribution < -0.4 is 10.6 Å². The van der Waals surface area contributed by atoms with E-state index in [0.717, 1.165) is 55.5 Å². The van der Waals surface area contributed by atoms with Crippen LogP contribution in [-0.2, 0) is 4.74 Å². The second-order valence-electron chi connectivity index (χ2n) is 5.77. The SMILES string of the molecule is C=N/C=C\N=C1C=C(c2ccc(N3CCCOCC3)nc2)N=C(N)C1. The molecule has 1 fully saturated rings. The molecule has 7 heteroatoms. The first-order chi connectivity index (χ1) is 12.3. The Labute approximate surface area is 147 Å². The van der Waals surface area contributed by atoms with E-state index in [1.807, 2.05) is 24.4 Å². The summed E-state index contributed by atoms with van der Waals surface area (Å²) in [5.74, 6) is 1.49. The topological polar surface area (TPSA) is 88.5 Å². The highest BCUT2D eigenvalue weighted by molar-refractivity contribution is 6.15. The maximum atomic E-state index is 5.95. The summed E-state index contributed by atoms with van der Waals surface area (Å²) in [6, 6.07) is 4.03. The van der Waals surface area contributed by atoms with Crippen molar-refractivity contribution in [2.24, 2.45) is 20.7 Å². The van der Waals surface area contributed by atoms with Gasteiger partial charge in [0.2, 0.25) is 0 Å². The summed E-state index contributed by atoms with van der Waals surface area (Å²) in [5.41, 5.74) is 8.45. The van der Waals surface area contributed by atoms with Gasteiger partial charge < -0.3 is 15.4 Å². The van der Waals surface area contributed by atoms with Crippen LogP contribution in [0.3, 0.4) is 0 Å². The zero-order valence-corrected chi connectivity index (χ0v) is 14.1. The van der Waals surface area contributed by atoms with E-state index in [1.54, 1.807) is 6.20 Å². The molecule has 0 radical (unpaired) electrons. The molecular weight excluding hydrogens is 316 g/mol. The van der Waals surface area contributed by atoms with Gasteiger partial charge in [-0.3, -0.25) is 9.98 Å². The predicted molar refractivity (Wildman–Crippen MR) is 102 cm³/mol. The number of ether oxygens (including phenoxy) is 1. The van der Waals surface area contributed by atoms with Gasteiger partial charge in [-0.05, 0) is 31.3 Å². The number of aromatic nitrogens is 1. The third-order valence-corrected chi connectivity index (χ3v) is 3.93. The van der Waals surface area contributed by atoms with Gasteiger partial charge in [-0.1, -0.05) is 0 Å². The Morgan fingerprint density at radius 3 is 2.96 bits per heavy atom. The van der Waals surface area contributed by atoms with Crippen LogP contribution in [0.15, 0.2) is 51.8 Å². The first-order valence-electron chi connectivity index (χ1n) is 8.27. The molecule has 130 valence electrons. The van der Waals surface area contributed by atoms with Crippen molar-refractivity contribution < 1.29 is 4.74 Å². The molecule has 0 atom stereocenters. The van der Waals surface area contributed by atoms with Crippen molar-refractivity contribution in [2.75, 3.05) is 31.2 Å². The van der Waals surface area contributed by atoms with Crippen LogP contribution in [-0.4, -0.2) is 49.6 Å². The van der Waals surface area contributed by atoms with E-state index in [1.165, 1.54) is 6.20 Å². The normalized spacial score (nSPS) is 20.3. The zero-order chi connectivity index (χ0) is 17.5. The Kier molecular flexibility index (Phi) is 5.69. The van der Waals surface area contributed by atoms with Crippen LogP contribution in [0.2, 0.25) is 0 Å². The molecule has 1 saturated heterocycles. The van der Waals surface area contributed by atoms with Gasteiger partial charge in [0.15, 0.2) is 0 Å². The number of nitrogens with zero attached hydrogens (tertiary/aromatic N) is 5. The van der Waals surface area contributed by atoms with E-state index < -0.39 is 0 Å². The fourth-order valence-corrected chi connectivity index (χ4v) is 2.73. The van der Waals surface area contributed by atoms with Crippen molar-refractivity contribution in [2.45, 2.75) is 12.8 Å². The predicted octanol–water partition coefficient (Wildman–Crippen LogP) is 2.02. The summed E-state index contributed by atoms with van der Waals surface area (Å²) in [4.78, 5) is 19.2. The van der Waals surface area contributed by atoms with Crippen molar-refractivity contribution in [1.82, 2.24) is 4.98 Å². The number of pyridine rings is 1.